The van der Waals surface area contributed by atoms with Crippen LogP contribution in [0.15, 0.2) is 53.2 Å². The second kappa shape index (κ2) is 6.73. The van der Waals surface area contributed by atoms with Gasteiger partial charge in [0.15, 0.2) is 11.5 Å². The van der Waals surface area contributed by atoms with Gasteiger partial charge in [0, 0.05) is 24.1 Å². The summed E-state index contributed by atoms with van der Waals surface area (Å²) in [7, 11) is 0. The molecule has 9 heteroatoms. The highest BCUT2D eigenvalue weighted by Crippen LogP contribution is 2.60. The number of amides is 2. The smallest absolute Gasteiger partial charge is 0.231 e. The van der Waals surface area contributed by atoms with Crippen molar-refractivity contribution in [3.63, 3.8) is 0 Å². The van der Waals surface area contributed by atoms with Crippen LogP contribution >= 0.6 is 0 Å². The van der Waals surface area contributed by atoms with Crippen molar-refractivity contribution >= 4 is 23.3 Å². The fourth-order valence-electron chi connectivity index (χ4n) is 6.46. The summed E-state index contributed by atoms with van der Waals surface area (Å²) in [5, 5.41) is 2.92. The van der Waals surface area contributed by atoms with E-state index in [1.54, 1.807) is 35.2 Å². The normalized spacial score (nSPS) is 36.7. The van der Waals surface area contributed by atoms with Gasteiger partial charge in [0.05, 0.1) is 36.3 Å². The predicted octanol–water partition coefficient (Wildman–Crippen LogP) is 2.45. The maximum Gasteiger partial charge on any atom is 0.231 e. The Morgan fingerprint density at radius 1 is 1.18 bits per heavy atom. The summed E-state index contributed by atoms with van der Waals surface area (Å²) in [4.78, 5) is 42.2. The summed E-state index contributed by atoms with van der Waals surface area (Å²) in [5.41, 5.74) is -0.464. The van der Waals surface area contributed by atoms with Gasteiger partial charge in [-0.3, -0.25) is 14.4 Å². The number of piperidine rings is 1. The summed E-state index contributed by atoms with van der Waals surface area (Å²) in [6.45, 7) is 1.98. The van der Waals surface area contributed by atoms with Crippen LogP contribution in [0.1, 0.15) is 25.1 Å². The van der Waals surface area contributed by atoms with Crippen LogP contribution < -0.4 is 14.8 Å². The molecule has 0 saturated carbocycles. The zero-order valence-corrected chi connectivity index (χ0v) is 18.3. The average molecular weight is 462 g/mol. The number of nitrogens with zero attached hydrogens (tertiary/aromatic N) is 1. The minimum absolute atomic E-state index is 0.0548. The van der Waals surface area contributed by atoms with E-state index >= 15 is 0 Å². The maximum atomic E-state index is 13.9. The summed E-state index contributed by atoms with van der Waals surface area (Å²) in [6, 6.07) is 7.69. The first kappa shape index (κ1) is 19.8. The number of ether oxygens (including phenoxy) is 3. The third kappa shape index (κ3) is 2.45. The molecule has 2 amide bonds. The molecule has 5 aliphatic heterocycles. The summed E-state index contributed by atoms with van der Waals surface area (Å²) >= 11 is 0. The zero-order valence-electron chi connectivity index (χ0n) is 18.3. The first-order valence-corrected chi connectivity index (χ1v) is 11.4. The lowest BCUT2D eigenvalue weighted by molar-refractivity contribution is -0.147. The zero-order chi connectivity index (χ0) is 23.2. The van der Waals surface area contributed by atoms with E-state index in [2.05, 4.69) is 5.32 Å². The summed E-state index contributed by atoms with van der Waals surface area (Å²) < 4.78 is 22.7. The topological polar surface area (TPSA) is 107 Å². The summed E-state index contributed by atoms with van der Waals surface area (Å²) in [6.07, 6.45) is 4.93. The van der Waals surface area contributed by atoms with E-state index in [1.165, 1.54) is 6.26 Å². The lowest BCUT2D eigenvalue weighted by Gasteiger charge is -2.43. The van der Waals surface area contributed by atoms with Crippen LogP contribution in [0.2, 0.25) is 0 Å². The molecule has 3 fully saturated rings. The van der Waals surface area contributed by atoms with Gasteiger partial charge in [-0.2, -0.15) is 0 Å². The maximum absolute atomic E-state index is 13.9. The molecule has 2 aromatic rings. The Hall–Kier alpha value is -3.59. The largest absolute Gasteiger partial charge is 0.467 e. The van der Waals surface area contributed by atoms with Gasteiger partial charge < -0.3 is 28.8 Å². The molecule has 34 heavy (non-hydrogen) atoms. The van der Waals surface area contributed by atoms with Gasteiger partial charge in [0.25, 0.3) is 0 Å². The molecule has 5 aliphatic rings. The van der Waals surface area contributed by atoms with Crippen LogP contribution in [0.4, 0.5) is 5.69 Å². The second-order valence-electron chi connectivity index (χ2n) is 9.54. The molecular weight excluding hydrogens is 440 g/mol. The standard InChI is InChI=1S/C25H22N2O7/c1-12-15(28)10-14(16-3-2-8-31-16)27-22(12)25-7-6-18(34-25)20(21(25)24(27)30)23(29)26-13-4-5-17-19(9-13)33-11-32-17/h2-9,12,14,18,20-22H,10-11H2,1H3,(H,26,29)/t12?,14?,18-,20?,21+,22?,25+/m1/s1. The number of carbonyl (C=O) groups excluding carboxylic acids is 3. The lowest BCUT2D eigenvalue weighted by atomic mass is 9.70. The van der Waals surface area contributed by atoms with Crippen molar-refractivity contribution in [1.82, 2.24) is 4.90 Å². The van der Waals surface area contributed by atoms with Crippen LogP contribution in [0.5, 0.6) is 11.5 Å². The molecule has 6 heterocycles. The minimum Gasteiger partial charge on any atom is -0.467 e. The fraction of sp³-hybridized carbons (Fsp3) is 0.400. The van der Waals surface area contributed by atoms with Crippen LogP contribution in [-0.2, 0) is 19.1 Å². The number of anilines is 1. The van der Waals surface area contributed by atoms with Gasteiger partial charge in [-0.05, 0) is 24.3 Å². The predicted molar refractivity (Wildman–Crippen MR) is 116 cm³/mol. The molecule has 1 N–H and O–H groups in total. The van der Waals surface area contributed by atoms with E-state index in [9.17, 15) is 14.4 Å². The van der Waals surface area contributed by atoms with Gasteiger partial charge in [-0.25, -0.2) is 0 Å². The number of carbonyl (C=O) groups is 3. The highest BCUT2D eigenvalue weighted by Gasteiger charge is 2.74. The van der Waals surface area contributed by atoms with Crippen molar-refractivity contribution < 1.29 is 33.0 Å². The fourth-order valence-corrected chi connectivity index (χ4v) is 6.46. The van der Waals surface area contributed by atoms with Gasteiger partial charge >= 0.3 is 0 Å². The van der Waals surface area contributed by atoms with E-state index in [1.807, 2.05) is 19.1 Å². The van der Waals surface area contributed by atoms with Crippen molar-refractivity contribution in [2.75, 3.05) is 12.1 Å². The van der Waals surface area contributed by atoms with E-state index in [0.717, 1.165) is 0 Å². The third-order valence-corrected chi connectivity index (χ3v) is 7.89. The molecule has 1 aromatic heterocycles. The van der Waals surface area contributed by atoms with Gasteiger partial charge in [0.1, 0.15) is 17.1 Å². The van der Waals surface area contributed by atoms with E-state index in [0.29, 0.717) is 22.9 Å². The number of nitrogens with one attached hydrogen (secondary N) is 1. The minimum atomic E-state index is -1.01. The van der Waals surface area contributed by atoms with Crippen LogP contribution in [0.3, 0.4) is 0 Å². The van der Waals surface area contributed by atoms with Crippen LogP contribution in [-0.4, -0.2) is 47.0 Å². The monoisotopic (exact) mass is 462 g/mol. The molecule has 9 nitrogen and oxygen atoms in total. The summed E-state index contributed by atoms with van der Waals surface area (Å²) in [5.74, 6) is -0.534. The van der Waals surface area contributed by atoms with Crippen molar-refractivity contribution in [1.29, 1.82) is 0 Å². The Balaban J connectivity index is 1.24. The van der Waals surface area contributed by atoms with Gasteiger partial charge in [0.2, 0.25) is 18.6 Å². The van der Waals surface area contributed by atoms with Crippen LogP contribution in [0, 0.1) is 17.8 Å². The lowest BCUT2D eigenvalue weighted by Crippen LogP contribution is -2.55. The first-order chi connectivity index (χ1) is 16.5. The Morgan fingerprint density at radius 3 is 2.85 bits per heavy atom. The molecule has 1 aromatic carbocycles. The number of ketones is 1. The number of hydrogen-bond acceptors (Lipinski definition) is 7. The quantitative estimate of drug-likeness (QED) is 0.698. The Bertz CT molecular complexity index is 1250. The molecule has 2 bridgehead atoms. The molecule has 0 aliphatic carbocycles. The molecule has 1 spiro atoms. The van der Waals surface area contributed by atoms with Gasteiger partial charge in [-0.15, -0.1) is 0 Å². The number of rotatable bonds is 3. The van der Waals surface area contributed by atoms with Crippen molar-refractivity contribution in [3.8, 4) is 11.5 Å². The molecular formula is C25H22N2O7. The van der Waals surface area contributed by atoms with Crippen molar-refractivity contribution in [2.24, 2.45) is 17.8 Å². The number of benzene rings is 1. The van der Waals surface area contributed by atoms with E-state index in [-0.39, 0.29) is 30.8 Å². The molecule has 0 radical (unpaired) electrons. The number of fused-ring (bicyclic) bond motifs is 3. The highest BCUT2D eigenvalue weighted by atomic mass is 16.7. The average Bonchev–Trinajstić information content (AvgIpc) is 3.64. The highest BCUT2D eigenvalue weighted by molar-refractivity contribution is 6.01. The van der Waals surface area contributed by atoms with Crippen LogP contribution in [0.25, 0.3) is 0 Å². The third-order valence-electron chi connectivity index (χ3n) is 7.89. The van der Waals surface area contributed by atoms with Crippen molar-refractivity contribution in [2.45, 2.75) is 37.1 Å². The second-order valence-corrected chi connectivity index (χ2v) is 9.54. The molecule has 3 saturated heterocycles. The van der Waals surface area contributed by atoms with Gasteiger partial charge in [-0.1, -0.05) is 19.1 Å². The van der Waals surface area contributed by atoms with E-state index in [4.69, 9.17) is 18.6 Å². The molecule has 4 unspecified atom stereocenters. The SMILES string of the molecule is CC1C(=O)CC(c2ccco2)N2C(=O)[C@@H]3C(C(=O)Nc4ccc5c(c4)OCO5)[C@H]4C=C[C@@]3(O4)C12. The Kier molecular flexibility index (Phi) is 3.92. The first-order valence-electron chi connectivity index (χ1n) is 11.4. The molecule has 7 rings (SSSR count). The van der Waals surface area contributed by atoms with Crippen molar-refractivity contribution in [3.05, 3.63) is 54.5 Å². The number of furan rings is 1. The molecule has 174 valence electrons. The number of Topliss-reactive ketones (excluding diaryl/α,β-unsaturated/α-hetero) is 1. The molecule has 7 atom stereocenters. The Morgan fingerprint density at radius 2 is 2.03 bits per heavy atom. The Labute approximate surface area is 194 Å². The number of hydrogen-bond donors (Lipinski definition) is 1. The van der Waals surface area contributed by atoms with E-state index < -0.39 is 41.5 Å².